The van der Waals surface area contributed by atoms with Crippen molar-refractivity contribution in [2.75, 3.05) is 10.8 Å². The van der Waals surface area contributed by atoms with E-state index in [1.807, 2.05) is 44.2 Å². The molecular weight excluding hydrogens is 611 g/mol. The Bertz CT molecular complexity index is 1620. The Hall–Kier alpha value is -3.11. The Morgan fingerprint density at radius 1 is 1.03 bits per heavy atom. The van der Waals surface area contributed by atoms with Gasteiger partial charge in [0.05, 0.1) is 21.8 Å². The van der Waals surface area contributed by atoms with Crippen LogP contribution in [-0.2, 0) is 14.8 Å². The van der Waals surface area contributed by atoms with E-state index in [0.717, 1.165) is 31.4 Å². The average Bonchev–Trinajstić information content (AvgIpc) is 3.16. The molecule has 4 rings (SSSR count). The molecule has 1 aromatic heterocycles. The summed E-state index contributed by atoms with van der Waals surface area (Å²) >= 11 is 15.8. The van der Waals surface area contributed by atoms with Gasteiger partial charge in [-0.05, 0) is 68.4 Å². The number of carbonyl (C=O) groups is 1. The number of hydrogen-bond donors (Lipinski definition) is 1. The summed E-state index contributed by atoms with van der Waals surface area (Å²) in [5.74, 6) is -0.646. The third kappa shape index (κ3) is 6.13. The summed E-state index contributed by atoms with van der Waals surface area (Å²) in [4.78, 5) is 12.9. The monoisotopic (exact) mass is 632 g/mol. The van der Waals surface area contributed by atoms with Crippen molar-refractivity contribution in [1.29, 1.82) is 0 Å². The largest absolute Gasteiger partial charge is 0.318 e. The van der Waals surface area contributed by atoms with Crippen molar-refractivity contribution in [3.05, 3.63) is 110 Å². The molecule has 1 heterocycles. The van der Waals surface area contributed by atoms with E-state index in [1.54, 1.807) is 18.2 Å². The molecule has 1 amide bonds. The smallest absolute Gasteiger partial charge is 0.264 e. The quantitative estimate of drug-likeness (QED) is 0.177. The van der Waals surface area contributed by atoms with Crippen LogP contribution in [0.1, 0.15) is 17.0 Å². The highest BCUT2D eigenvalue weighted by atomic mass is 79.9. The second-order valence-corrected chi connectivity index (χ2v) is 12.0. The first kappa shape index (κ1) is 27.9. The number of sulfonamides is 1. The van der Waals surface area contributed by atoms with Crippen LogP contribution in [0, 0.1) is 13.8 Å². The van der Waals surface area contributed by atoms with Crippen LogP contribution in [0.4, 0.5) is 5.69 Å². The lowest BCUT2D eigenvalue weighted by Crippen LogP contribution is -2.39. The Labute approximate surface area is 239 Å². The molecule has 0 spiro atoms. The van der Waals surface area contributed by atoms with E-state index in [1.165, 1.54) is 36.5 Å². The molecule has 0 aliphatic heterocycles. The van der Waals surface area contributed by atoms with Crippen LogP contribution < -0.4 is 9.73 Å². The number of amides is 1. The molecule has 0 saturated heterocycles. The van der Waals surface area contributed by atoms with Gasteiger partial charge in [0, 0.05) is 32.1 Å². The van der Waals surface area contributed by atoms with Gasteiger partial charge in [-0.1, -0.05) is 63.4 Å². The maximum absolute atomic E-state index is 13.5. The minimum absolute atomic E-state index is 0.0160. The normalized spacial score (nSPS) is 11.6. The summed E-state index contributed by atoms with van der Waals surface area (Å²) in [5, 5.41) is 4.51. The Kier molecular flexibility index (Phi) is 8.62. The van der Waals surface area contributed by atoms with Gasteiger partial charge in [0.2, 0.25) is 0 Å². The number of halogens is 3. The number of hydrazone groups is 1. The van der Waals surface area contributed by atoms with E-state index in [0.29, 0.717) is 5.02 Å². The number of nitrogens with one attached hydrogen (secondary N) is 1. The molecule has 0 saturated carbocycles. The van der Waals surface area contributed by atoms with Gasteiger partial charge in [0.1, 0.15) is 6.54 Å². The van der Waals surface area contributed by atoms with Gasteiger partial charge < -0.3 is 4.57 Å². The zero-order valence-corrected chi connectivity index (χ0v) is 24.3. The molecular formula is C27H23BrCl2N4O3S. The van der Waals surface area contributed by atoms with Crippen LogP contribution in [0.25, 0.3) is 5.69 Å². The molecule has 0 aliphatic rings. The van der Waals surface area contributed by atoms with Crippen molar-refractivity contribution in [3.8, 4) is 5.69 Å². The lowest BCUT2D eigenvalue weighted by atomic mass is 10.2. The molecule has 11 heteroatoms. The van der Waals surface area contributed by atoms with E-state index >= 15 is 0 Å². The molecule has 4 aromatic rings. The SMILES string of the molecule is Cc1cc(/C=N/NC(=O)CN(c2ccc(Cl)cc2Cl)S(=O)(=O)c2ccccc2)c(C)n1-c1cccc(Br)c1. The maximum atomic E-state index is 13.5. The molecule has 0 atom stereocenters. The highest BCUT2D eigenvalue weighted by Gasteiger charge is 2.28. The van der Waals surface area contributed by atoms with Gasteiger partial charge in [0.15, 0.2) is 0 Å². The molecule has 196 valence electrons. The fourth-order valence-corrected chi connectivity index (χ4v) is 6.38. The standard InChI is InChI=1S/C27H23BrCl2N4O3S/c1-18-13-20(19(2)34(18)23-8-6-7-21(28)14-23)16-31-32-27(35)17-33(26-12-11-22(29)15-25(26)30)38(36,37)24-9-4-3-5-10-24/h3-16H,17H2,1-2H3,(H,32,35)/b31-16+. The van der Waals surface area contributed by atoms with Crippen molar-refractivity contribution >= 4 is 67.0 Å². The first-order chi connectivity index (χ1) is 18.1. The van der Waals surface area contributed by atoms with Crippen molar-refractivity contribution in [2.45, 2.75) is 18.7 Å². The lowest BCUT2D eigenvalue weighted by molar-refractivity contribution is -0.119. The van der Waals surface area contributed by atoms with E-state index in [2.05, 4.69) is 31.0 Å². The van der Waals surface area contributed by atoms with Crippen LogP contribution in [0.3, 0.4) is 0 Å². The van der Waals surface area contributed by atoms with Crippen LogP contribution >= 0.6 is 39.1 Å². The molecule has 0 radical (unpaired) electrons. The second-order valence-electron chi connectivity index (χ2n) is 8.36. The molecule has 0 bridgehead atoms. The predicted octanol–water partition coefficient (Wildman–Crippen LogP) is 6.51. The highest BCUT2D eigenvalue weighted by molar-refractivity contribution is 9.10. The summed E-state index contributed by atoms with van der Waals surface area (Å²) in [6.45, 7) is 3.38. The number of nitrogens with zero attached hydrogens (tertiary/aromatic N) is 3. The van der Waals surface area contributed by atoms with E-state index in [4.69, 9.17) is 23.2 Å². The highest BCUT2D eigenvalue weighted by Crippen LogP contribution is 2.32. The lowest BCUT2D eigenvalue weighted by Gasteiger charge is -2.24. The van der Waals surface area contributed by atoms with Gasteiger partial charge in [-0.2, -0.15) is 5.10 Å². The van der Waals surface area contributed by atoms with Gasteiger partial charge in [-0.25, -0.2) is 13.8 Å². The number of aryl methyl sites for hydroxylation is 1. The zero-order valence-electron chi connectivity index (χ0n) is 20.4. The molecule has 0 unspecified atom stereocenters. The Balaban J connectivity index is 1.57. The van der Waals surface area contributed by atoms with Gasteiger partial charge in [-0.15, -0.1) is 0 Å². The van der Waals surface area contributed by atoms with Crippen molar-refractivity contribution in [1.82, 2.24) is 9.99 Å². The number of hydrogen-bond acceptors (Lipinski definition) is 4. The molecule has 3 aromatic carbocycles. The second kappa shape index (κ2) is 11.7. The van der Waals surface area contributed by atoms with Crippen molar-refractivity contribution in [3.63, 3.8) is 0 Å². The van der Waals surface area contributed by atoms with E-state index in [9.17, 15) is 13.2 Å². The minimum Gasteiger partial charge on any atom is -0.318 e. The third-order valence-corrected chi connectivity index (χ3v) is 8.53. The number of anilines is 1. The number of carbonyl (C=O) groups excluding carboxylic acids is 1. The van der Waals surface area contributed by atoms with Crippen LogP contribution in [0.5, 0.6) is 0 Å². The summed E-state index contributed by atoms with van der Waals surface area (Å²) < 4.78 is 30.9. The Morgan fingerprint density at radius 2 is 1.76 bits per heavy atom. The van der Waals surface area contributed by atoms with E-state index < -0.39 is 22.5 Å². The van der Waals surface area contributed by atoms with Crippen LogP contribution in [0.15, 0.2) is 93.3 Å². The fraction of sp³-hybridized carbons (Fsp3) is 0.111. The number of aromatic nitrogens is 1. The fourth-order valence-electron chi connectivity index (χ4n) is 3.97. The topological polar surface area (TPSA) is 83.8 Å². The molecule has 1 N–H and O–H groups in total. The predicted molar refractivity (Wildman–Crippen MR) is 156 cm³/mol. The molecule has 38 heavy (non-hydrogen) atoms. The average molecular weight is 634 g/mol. The first-order valence-electron chi connectivity index (χ1n) is 11.4. The maximum Gasteiger partial charge on any atom is 0.264 e. The van der Waals surface area contributed by atoms with Crippen LogP contribution in [-0.4, -0.2) is 31.7 Å². The summed E-state index contributed by atoms with van der Waals surface area (Å²) in [5.41, 5.74) is 6.26. The first-order valence-corrected chi connectivity index (χ1v) is 14.4. The van der Waals surface area contributed by atoms with Crippen molar-refractivity contribution < 1.29 is 13.2 Å². The van der Waals surface area contributed by atoms with Gasteiger partial charge >= 0.3 is 0 Å². The summed E-state index contributed by atoms with van der Waals surface area (Å²) in [7, 11) is -4.12. The molecule has 0 fully saturated rings. The molecule has 7 nitrogen and oxygen atoms in total. The number of rotatable bonds is 8. The third-order valence-electron chi connectivity index (χ3n) is 5.73. The summed E-state index contributed by atoms with van der Waals surface area (Å²) in [6, 6.07) is 22.0. The van der Waals surface area contributed by atoms with Crippen LogP contribution in [0.2, 0.25) is 10.0 Å². The van der Waals surface area contributed by atoms with Gasteiger partial charge in [-0.3, -0.25) is 9.10 Å². The molecule has 0 aliphatic carbocycles. The zero-order chi connectivity index (χ0) is 27.4. The van der Waals surface area contributed by atoms with Gasteiger partial charge in [0.25, 0.3) is 15.9 Å². The number of benzene rings is 3. The Morgan fingerprint density at radius 3 is 2.45 bits per heavy atom. The van der Waals surface area contributed by atoms with Crippen molar-refractivity contribution in [2.24, 2.45) is 5.10 Å². The van der Waals surface area contributed by atoms with E-state index in [-0.39, 0.29) is 15.6 Å². The summed E-state index contributed by atoms with van der Waals surface area (Å²) in [6.07, 6.45) is 1.53. The minimum atomic E-state index is -4.12.